The van der Waals surface area contributed by atoms with Gasteiger partial charge >= 0.3 is 18.2 Å². The van der Waals surface area contributed by atoms with Gasteiger partial charge in [-0.25, -0.2) is 14.4 Å². The van der Waals surface area contributed by atoms with Crippen LogP contribution in [0.5, 0.6) is 0 Å². The average molecular weight is 602 g/mol. The number of carbonyl (C=O) groups is 4. The SMILES string of the molecule is COC(=O)c1ccc(NC(=O)C(CCCCNC(=O)OCC2c3ccccc3-c3ccccc32)NC(=O)OC(C)(C)C)cc1. The van der Waals surface area contributed by atoms with Crippen molar-refractivity contribution in [2.24, 2.45) is 0 Å². The molecule has 3 aromatic carbocycles. The van der Waals surface area contributed by atoms with E-state index in [0.717, 1.165) is 22.3 Å². The van der Waals surface area contributed by atoms with Crippen LogP contribution in [0.4, 0.5) is 15.3 Å². The van der Waals surface area contributed by atoms with Crippen molar-refractivity contribution in [3.63, 3.8) is 0 Å². The highest BCUT2D eigenvalue weighted by Crippen LogP contribution is 2.44. The molecule has 1 aliphatic carbocycles. The summed E-state index contributed by atoms with van der Waals surface area (Å²) in [5.41, 5.74) is 4.67. The van der Waals surface area contributed by atoms with E-state index in [1.54, 1.807) is 32.9 Å². The molecule has 0 aliphatic heterocycles. The first-order chi connectivity index (χ1) is 21.1. The number of carbonyl (C=O) groups excluding carboxylic acids is 4. The van der Waals surface area contributed by atoms with Crippen molar-refractivity contribution in [3.8, 4) is 11.1 Å². The summed E-state index contributed by atoms with van der Waals surface area (Å²) in [5, 5.41) is 8.18. The van der Waals surface area contributed by atoms with Crippen molar-refractivity contribution >= 4 is 29.8 Å². The molecule has 3 N–H and O–H groups in total. The third-order valence-electron chi connectivity index (χ3n) is 7.11. The fraction of sp³-hybridized carbons (Fsp3) is 0.353. The Bertz CT molecular complexity index is 1440. The Morgan fingerprint density at radius 1 is 0.818 bits per heavy atom. The Morgan fingerprint density at radius 2 is 1.43 bits per heavy atom. The number of benzene rings is 3. The minimum absolute atomic E-state index is 0.0250. The zero-order valence-corrected chi connectivity index (χ0v) is 25.5. The van der Waals surface area contributed by atoms with E-state index in [1.807, 2.05) is 24.3 Å². The second kappa shape index (κ2) is 14.5. The Labute approximate surface area is 257 Å². The van der Waals surface area contributed by atoms with Gasteiger partial charge in [0.2, 0.25) is 5.91 Å². The van der Waals surface area contributed by atoms with Gasteiger partial charge in [-0.05, 0) is 86.6 Å². The molecule has 0 radical (unpaired) electrons. The predicted octanol–water partition coefficient (Wildman–Crippen LogP) is 6.01. The normalized spacial score (nSPS) is 12.7. The molecule has 0 fully saturated rings. The molecule has 4 rings (SSSR count). The van der Waals surface area contributed by atoms with Crippen LogP contribution >= 0.6 is 0 Å². The number of esters is 1. The minimum atomic E-state index is -0.889. The number of alkyl carbamates (subject to hydrolysis) is 2. The molecule has 0 heterocycles. The molecule has 0 bridgehead atoms. The zero-order valence-electron chi connectivity index (χ0n) is 25.5. The number of ether oxygens (including phenoxy) is 3. The maximum Gasteiger partial charge on any atom is 0.408 e. The molecule has 232 valence electrons. The maximum atomic E-state index is 13.1. The van der Waals surface area contributed by atoms with Crippen molar-refractivity contribution in [1.29, 1.82) is 0 Å². The molecule has 0 saturated heterocycles. The fourth-order valence-corrected chi connectivity index (χ4v) is 5.07. The molecule has 0 spiro atoms. The van der Waals surface area contributed by atoms with E-state index >= 15 is 0 Å². The van der Waals surface area contributed by atoms with Gasteiger partial charge in [0.15, 0.2) is 0 Å². The van der Waals surface area contributed by atoms with E-state index < -0.39 is 35.7 Å². The van der Waals surface area contributed by atoms with Gasteiger partial charge < -0.3 is 30.2 Å². The summed E-state index contributed by atoms with van der Waals surface area (Å²) in [6.07, 6.45) is 0.160. The van der Waals surface area contributed by atoms with E-state index in [0.29, 0.717) is 37.1 Å². The van der Waals surface area contributed by atoms with Gasteiger partial charge in [0.1, 0.15) is 18.2 Å². The van der Waals surface area contributed by atoms with E-state index in [1.165, 1.54) is 19.2 Å². The van der Waals surface area contributed by atoms with Crippen LogP contribution in [-0.2, 0) is 19.0 Å². The highest BCUT2D eigenvalue weighted by atomic mass is 16.6. The lowest BCUT2D eigenvalue weighted by molar-refractivity contribution is -0.118. The fourth-order valence-electron chi connectivity index (χ4n) is 5.07. The van der Waals surface area contributed by atoms with Crippen molar-refractivity contribution in [2.75, 3.05) is 25.6 Å². The van der Waals surface area contributed by atoms with Gasteiger partial charge in [0, 0.05) is 18.2 Å². The number of hydrogen-bond donors (Lipinski definition) is 3. The molecule has 0 saturated carbocycles. The van der Waals surface area contributed by atoms with Crippen LogP contribution in [0.25, 0.3) is 11.1 Å². The number of anilines is 1. The van der Waals surface area contributed by atoms with Crippen molar-refractivity contribution in [1.82, 2.24) is 10.6 Å². The van der Waals surface area contributed by atoms with Gasteiger partial charge in [-0.2, -0.15) is 0 Å². The maximum absolute atomic E-state index is 13.1. The van der Waals surface area contributed by atoms with Crippen LogP contribution in [0.1, 0.15) is 67.4 Å². The monoisotopic (exact) mass is 601 g/mol. The molecule has 3 aromatic rings. The Kier molecular flexibility index (Phi) is 10.6. The van der Waals surface area contributed by atoms with Gasteiger partial charge in [-0.15, -0.1) is 0 Å². The summed E-state index contributed by atoms with van der Waals surface area (Å²) in [4.78, 5) is 49.7. The molecule has 1 unspecified atom stereocenters. The van der Waals surface area contributed by atoms with E-state index in [9.17, 15) is 19.2 Å². The van der Waals surface area contributed by atoms with Crippen molar-refractivity contribution < 1.29 is 33.4 Å². The van der Waals surface area contributed by atoms with Gasteiger partial charge in [-0.3, -0.25) is 4.79 Å². The lowest BCUT2D eigenvalue weighted by Crippen LogP contribution is -2.45. The minimum Gasteiger partial charge on any atom is -0.465 e. The first-order valence-corrected chi connectivity index (χ1v) is 14.6. The van der Waals surface area contributed by atoms with Crippen LogP contribution in [0.15, 0.2) is 72.8 Å². The van der Waals surface area contributed by atoms with Gasteiger partial charge in [0.05, 0.1) is 12.7 Å². The predicted molar refractivity (Wildman–Crippen MR) is 166 cm³/mol. The lowest BCUT2D eigenvalue weighted by Gasteiger charge is -2.23. The standard InChI is InChI=1S/C34H39N3O7/c1-34(2,3)44-33(41)37-29(30(38)36-23-18-16-22(17-19-23)31(39)42-4)15-9-10-20-35-32(40)43-21-28-26-13-7-5-11-24(26)25-12-6-8-14-27(25)28/h5-8,11-14,16-19,28-29H,9-10,15,20-21H2,1-4H3,(H,35,40)(H,36,38)(H,37,41). The van der Waals surface area contributed by atoms with E-state index in [2.05, 4.69) is 40.2 Å². The molecular formula is C34H39N3O7. The van der Waals surface area contributed by atoms with Crippen LogP contribution in [0.2, 0.25) is 0 Å². The molecule has 1 aliphatic rings. The molecule has 10 nitrogen and oxygen atoms in total. The third kappa shape index (κ3) is 8.59. The number of unbranched alkanes of at least 4 members (excludes halogenated alkanes) is 1. The van der Waals surface area contributed by atoms with Crippen LogP contribution in [0, 0.1) is 0 Å². The summed E-state index contributed by atoms with van der Waals surface area (Å²) in [6, 6.07) is 21.6. The molecule has 44 heavy (non-hydrogen) atoms. The molecular weight excluding hydrogens is 562 g/mol. The summed E-state index contributed by atoms with van der Waals surface area (Å²) >= 11 is 0. The molecule has 3 amide bonds. The first-order valence-electron chi connectivity index (χ1n) is 14.6. The quantitative estimate of drug-likeness (QED) is 0.139. The van der Waals surface area contributed by atoms with Crippen LogP contribution in [-0.4, -0.2) is 56.0 Å². The second-order valence-corrected chi connectivity index (χ2v) is 11.5. The highest BCUT2D eigenvalue weighted by molar-refractivity contribution is 5.97. The zero-order chi connectivity index (χ0) is 31.7. The van der Waals surface area contributed by atoms with Crippen LogP contribution in [0.3, 0.4) is 0 Å². The van der Waals surface area contributed by atoms with E-state index in [-0.39, 0.29) is 12.5 Å². The summed E-state index contributed by atoms with van der Waals surface area (Å²) in [6.45, 7) is 5.77. The molecule has 0 aromatic heterocycles. The number of hydrogen-bond acceptors (Lipinski definition) is 7. The molecule has 10 heteroatoms. The first kappa shape index (κ1) is 32.1. The third-order valence-corrected chi connectivity index (χ3v) is 7.11. The van der Waals surface area contributed by atoms with Crippen LogP contribution < -0.4 is 16.0 Å². The number of nitrogens with one attached hydrogen (secondary N) is 3. The Balaban J connectivity index is 1.26. The smallest absolute Gasteiger partial charge is 0.408 e. The van der Waals surface area contributed by atoms with Crippen molar-refractivity contribution in [2.45, 2.75) is 57.6 Å². The number of rotatable bonds is 11. The van der Waals surface area contributed by atoms with E-state index in [4.69, 9.17) is 14.2 Å². The summed E-state index contributed by atoms with van der Waals surface area (Å²) < 4.78 is 15.6. The highest BCUT2D eigenvalue weighted by Gasteiger charge is 2.29. The number of methoxy groups -OCH3 is 1. The Hall–Kier alpha value is -4.86. The average Bonchev–Trinajstić information content (AvgIpc) is 3.31. The van der Waals surface area contributed by atoms with Gasteiger partial charge in [0.25, 0.3) is 0 Å². The largest absolute Gasteiger partial charge is 0.465 e. The summed E-state index contributed by atoms with van der Waals surface area (Å²) in [5.74, 6) is -0.951. The van der Waals surface area contributed by atoms with Crippen molar-refractivity contribution in [3.05, 3.63) is 89.5 Å². The molecule has 1 atom stereocenters. The lowest BCUT2D eigenvalue weighted by atomic mass is 9.98. The van der Waals surface area contributed by atoms with Gasteiger partial charge in [-0.1, -0.05) is 48.5 Å². The Morgan fingerprint density at radius 3 is 2.02 bits per heavy atom. The number of fused-ring (bicyclic) bond motifs is 3. The summed E-state index contributed by atoms with van der Waals surface area (Å²) in [7, 11) is 1.29. The topological polar surface area (TPSA) is 132 Å². The number of amides is 3. The second-order valence-electron chi connectivity index (χ2n) is 11.5.